The van der Waals surface area contributed by atoms with E-state index in [9.17, 15) is 9.59 Å². The van der Waals surface area contributed by atoms with Crippen molar-refractivity contribution in [2.24, 2.45) is 5.92 Å². The fourth-order valence-electron chi connectivity index (χ4n) is 3.37. The van der Waals surface area contributed by atoms with Crippen molar-refractivity contribution in [3.63, 3.8) is 0 Å². The predicted molar refractivity (Wildman–Crippen MR) is 86.7 cm³/mol. The quantitative estimate of drug-likeness (QED) is 0.858. The zero-order chi connectivity index (χ0) is 16.1. The molecule has 0 unspecified atom stereocenters. The number of piperazine rings is 1. The van der Waals surface area contributed by atoms with Gasteiger partial charge in [-0.25, -0.2) is 4.79 Å². The molecule has 1 heterocycles. The summed E-state index contributed by atoms with van der Waals surface area (Å²) in [6.45, 7) is 2.42. The zero-order valence-corrected chi connectivity index (χ0v) is 13.4. The summed E-state index contributed by atoms with van der Waals surface area (Å²) in [4.78, 5) is 27.8. The fraction of sp³-hybridized carbons (Fsp3) is 0.556. The minimum absolute atomic E-state index is 0.0415. The van der Waals surface area contributed by atoms with Crippen molar-refractivity contribution in [2.75, 3.05) is 26.2 Å². The highest BCUT2D eigenvalue weighted by atomic mass is 16.6. The molecule has 0 spiro atoms. The Hall–Kier alpha value is -2.04. The van der Waals surface area contributed by atoms with Gasteiger partial charge in [0.2, 0.25) is 5.91 Å². The lowest BCUT2D eigenvalue weighted by Gasteiger charge is -2.35. The monoisotopic (exact) mass is 316 g/mol. The second-order valence-electron chi connectivity index (χ2n) is 6.45. The molecule has 1 aliphatic heterocycles. The van der Waals surface area contributed by atoms with E-state index in [1.807, 2.05) is 35.2 Å². The molecular formula is C18H24N2O3. The van der Waals surface area contributed by atoms with Gasteiger partial charge in [-0.2, -0.15) is 0 Å². The number of carbonyl (C=O) groups excluding carboxylic acids is 2. The summed E-state index contributed by atoms with van der Waals surface area (Å²) < 4.78 is 5.30. The first-order valence-electron chi connectivity index (χ1n) is 8.46. The third-order valence-corrected chi connectivity index (χ3v) is 4.74. The summed E-state index contributed by atoms with van der Waals surface area (Å²) in [6.07, 6.45) is 4.62. The van der Waals surface area contributed by atoms with Crippen molar-refractivity contribution in [3.05, 3.63) is 35.9 Å². The fourth-order valence-corrected chi connectivity index (χ4v) is 3.37. The third-order valence-electron chi connectivity index (χ3n) is 4.74. The van der Waals surface area contributed by atoms with Gasteiger partial charge in [-0.3, -0.25) is 9.69 Å². The van der Waals surface area contributed by atoms with Crippen molar-refractivity contribution in [3.8, 4) is 0 Å². The van der Waals surface area contributed by atoms with Crippen LogP contribution in [-0.2, 0) is 16.1 Å². The van der Waals surface area contributed by atoms with Crippen molar-refractivity contribution >= 4 is 12.0 Å². The Morgan fingerprint density at radius 2 is 1.87 bits per heavy atom. The SMILES string of the molecule is O=C1CN(C(=O)OCc2ccccc2)CCN1CC1CCCC1. The average molecular weight is 316 g/mol. The lowest BCUT2D eigenvalue weighted by atomic mass is 10.1. The van der Waals surface area contributed by atoms with E-state index in [0.717, 1.165) is 12.1 Å². The second kappa shape index (κ2) is 7.49. The van der Waals surface area contributed by atoms with Gasteiger partial charge in [-0.05, 0) is 24.3 Å². The Balaban J connectivity index is 1.45. The number of nitrogens with zero attached hydrogens (tertiary/aromatic N) is 2. The largest absolute Gasteiger partial charge is 0.445 e. The molecule has 5 heteroatoms. The molecule has 2 amide bonds. The molecule has 1 saturated heterocycles. The van der Waals surface area contributed by atoms with Crippen LogP contribution >= 0.6 is 0 Å². The summed E-state index contributed by atoms with van der Waals surface area (Å²) >= 11 is 0. The number of ether oxygens (including phenoxy) is 1. The van der Waals surface area contributed by atoms with Crippen molar-refractivity contribution in [1.82, 2.24) is 9.80 Å². The molecule has 2 aliphatic rings. The van der Waals surface area contributed by atoms with E-state index >= 15 is 0 Å². The summed E-state index contributed by atoms with van der Waals surface area (Å²) in [5, 5.41) is 0. The molecule has 1 aromatic rings. The number of carbonyl (C=O) groups is 2. The Bertz CT molecular complexity index is 540. The number of amides is 2. The highest BCUT2D eigenvalue weighted by molar-refractivity contribution is 5.83. The zero-order valence-electron chi connectivity index (χ0n) is 13.4. The minimum atomic E-state index is -0.400. The van der Waals surface area contributed by atoms with Gasteiger partial charge in [-0.1, -0.05) is 43.2 Å². The minimum Gasteiger partial charge on any atom is -0.445 e. The van der Waals surface area contributed by atoms with E-state index in [4.69, 9.17) is 4.74 Å². The Morgan fingerprint density at radius 1 is 1.13 bits per heavy atom. The first-order valence-corrected chi connectivity index (χ1v) is 8.46. The highest BCUT2D eigenvalue weighted by Crippen LogP contribution is 2.26. The van der Waals surface area contributed by atoms with E-state index in [0.29, 0.717) is 19.0 Å². The number of hydrogen-bond donors (Lipinski definition) is 0. The van der Waals surface area contributed by atoms with Crippen molar-refractivity contribution < 1.29 is 14.3 Å². The molecule has 0 radical (unpaired) electrons. The Kier molecular flexibility index (Phi) is 5.16. The summed E-state index contributed by atoms with van der Waals surface area (Å²) in [6, 6.07) is 9.58. The van der Waals surface area contributed by atoms with Crippen LogP contribution in [0.4, 0.5) is 4.79 Å². The van der Waals surface area contributed by atoms with Crippen molar-refractivity contribution in [1.29, 1.82) is 0 Å². The normalized spacial score (nSPS) is 19.2. The number of benzene rings is 1. The van der Waals surface area contributed by atoms with Gasteiger partial charge in [0.1, 0.15) is 13.2 Å². The van der Waals surface area contributed by atoms with Crippen LogP contribution in [0, 0.1) is 5.92 Å². The third kappa shape index (κ3) is 4.24. The summed E-state index contributed by atoms with van der Waals surface area (Å²) in [5.74, 6) is 0.690. The van der Waals surface area contributed by atoms with E-state index in [-0.39, 0.29) is 19.1 Å². The molecule has 1 aromatic carbocycles. The van der Waals surface area contributed by atoms with Gasteiger partial charge in [0.25, 0.3) is 0 Å². The predicted octanol–water partition coefficient (Wildman–Crippen LogP) is 2.66. The van der Waals surface area contributed by atoms with Gasteiger partial charge < -0.3 is 9.64 Å². The van der Waals surface area contributed by atoms with Gasteiger partial charge in [0, 0.05) is 19.6 Å². The lowest BCUT2D eigenvalue weighted by Crippen LogP contribution is -2.53. The summed E-state index contributed by atoms with van der Waals surface area (Å²) in [5.41, 5.74) is 0.951. The Labute approximate surface area is 137 Å². The van der Waals surface area contributed by atoms with Crippen LogP contribution in [0.2, 0.25) is 0 Å². The molecule has 124 valence electrons. The number of hydrogen-bond acceptors (Lipinski definition) is 3. The van der Waals surface area contributed by atoms with Gasteiger partial charge in [-0.15, -0.1) is 0 Å². The van der Waals surface area contributed by atoms with Crippen LogP contribution < -0.4 is 0 Å². The highest BCUT2D eigenvalue weighted by Gasteiger charge is 2.30. The van der Waals surface area contributed by atoms with E-state index in [1.165, 1.54) is 30.6 Å². The lowest BCUT2D eigenvalue weighted by molar-refractivity contribution is -0.136. The molecule has 1 aliphatic carbocycles. The average Bonchev–Trinajstić information content (AvgIpc) is 3.08. The van der Waals surface area contributed by atoms with E-state index < -0.39 is 6.09 Å². The molecule has 0 aromatic heterocycles. The standard InChI is InChI=1S/C18H24N2O3/c21-17-13-20(11-10-19(17)12-15-6-4-5-7-15)18(22)23-14-16-8-2-1-3-9-16/h1-3,8-9,15H,4-7,10-14H2. The van der Waals surface area contributed by atoms with Gasteiger partial charge in [0.05, 0.1) is 0 Å². The summed E-state index contributed by atoms with van der Waals surface area (Å²) in [7, 11) is 0. The van der Waals surface area contributed by atoms with Gasteiger partial charge in [0.15, 0.2) is 0 Å². The molecule has 1 saturated carbocycles. The van der Waals surface area contributed by atoms with E-state index in [1.54, 1.807) is 0 Å². The maximum atomic E-state index is 12.2. The van der Waals surface area contributed by atoms with Crippen LogP contribution in [0.15, 0.2) is 30.3 Å². The van der Waals surface area contributed by atoms with Crippen LogP contribution in [0.3, 0.4) is 0 Å². The number of rotatable bonds is 4. The molecule has 2 fully saturated rings. The molecule has 23 heavy (non-hydrogen) atoms. The van der Waals surface area contributed by atoms with Crippen LogP contribution in [0.25, 0.3) is 0 Å². The molecule has 5 nitrogen and oxygen atoms in total. The molecule has 0 atom stereocenters. The molecular weight excluding hydrogens is 292 g/mol. The first kappa shape index (κ1) is 15.8. The molecule has 0 N–H and O–H groups in total. The van der Waals surface area contributed by atoms with Crippen LogP contribution in [0.5, 0.6) is 0 Å². The topological polar surface area (TPSA) is 49.9 Å². The second-order valence-corrected chi connectivity index (χ2v) is 6.45. The maximum absolute atomic E-state index is 12.2. The van der Waals surface area contributed by atoms with Gasteiger partial charge >= 0.3 is 6.09 Å². The first-order chi connectivity index (χ1) is 11.2. The van der Waals surface area contributed by atoms with Crippen LogP contribution in [0.1, 0.15) is 31.2 Å². The maximum Gasteiger partial charge on any atom is 0.410 e. The molecule has 0 bridgehead atoms. The van der Waals surface area contributed by atoms with E-state index in [2.05, 4.69) is 0 Å². The Morgan fingerprint density at radius 3 is 2.57 bits per heavy atom. The smallest absolute Gasteiger partial charge is 0.410 e. The van der Waals surface area contributed by atoms with Crippen LogP contribution in [-0.4, -0.2) is 48.0 Å². The van der Waals surface area contributed by atoms with Crippen molar-refractivity contribution in [2.45, 2.75) is 32.3 Å². The molecule has 3 rings (SSSR count).